The van der Waals surface area contributed by atoms with Gasteiger partial charge in [-0.1, -0.05) is 19.3 Å². The maximum atomic E-state index is 5.72. The molecule has 0 atom stereocenters. The van der Waals surface area contributed by atoms with Crippen molar-refractivity contribution >= 4 is 5.95 Å². The molecule has 1 heterocycles. The molecule has 66 valence electrons. The van der Waals surface area contributed by atoms with Crippen molar-refractivity contribution in [1.29, 1.82) is 0 Å². The lowest BCUT2D eigenvalue weighted by Gasteiger charge is -2.23. The Morgan fingerprint density at radius 2 is 2.08 bits per heavy atom. The van der Waals surface area contributed by atoms with Crippen molar-refractivity contribution in [3.63, 3.8) is 0 Å². The quantitative estimate of drug-likeness (QED) is 0.691. The van der Waals surface area contributed by atoms with E-state index in [0.29, 0.717) is 12.0 Å². The Bertz CT molecular complexity index is 248. The lowest BCUT2D eigenvalue weighted by molar-refractivity contribution is 0.356. The Balaban J connectivity index is 2.13. The fraction of sp³-hybridized carbons (Fsp3) is 0.667. The summed E-state index contributed by atoms with van der Waals surface area (Å²) in [6.07, 6.45) is 10.4. The molecule has 0 unspecified atom stereocenters. The number of nitrogen functional groups attached to an aromatic ring is 1. The maximum absolute atomic E-state index is 5.72. The molecule has 0 saturated heterocycles. The number of rotatable bonds is 1. The highest BCUT2D eigenvalue weighted by atomic mass is 15.2. The molecule has 2 N–H and O–H groups in total. The summed E-state index contributed by atoms with van der Waals surface area (Å²) in [6.45, 7) is 0. The lowest BCUT2D eigenvalue weighted by Crippen LogP contribution is -2.14. The monoisotopic (exact) mass is 165 g/mol. The summed E-state index contributed by atoms with van der Waals surface area (Å²) in [7, 11) is 0. The van der Waals surface area contributed by atoms with Crippen LogP contribution in [0.4, 0.5) is 5.95 Å². The van der Waals surface area contributed by atoms with Crippen LogP contribution in [0.3, 0.4) is 0 Å². The highest BCUT2D eigenvalue weighted by Gasteiger charge is 2.15. The molecule has 12 heavy (non-hydrogen) atoms. The fourth-order valence-electron chi connectivity index (χ4n) is 1.99. The topological polar surface area (TPSA) is 43.8 Å². The molecule has 0 radical (unpaired) electrons. The van der Waals surface area contributed by atoms with Gasteiger partial charge in [0.25, 0.3) is 0 Å². The third-order valence-electron chi connectivity index (χ3n) is 2.67. The molecular formula is C9H15N3. The molecule has 1 aliphatic rings. The van der Waals surface area contributed by atoms with Crippen molar-refractivity contribution < 1.29 is 0 Å². The van der Waals surface area contributed by atoms with Crippen LogP contribution in [0.25, 0.3) is 0 Å². The molecule has 1 fully saturated rings. The van der Waals surface area contributed by atoms with Gasteiger partial charge in [-0.15, -0.1) is 0 Å². The van der Waals surface area contributed by atoms with Crippen LogP contribution in [0, 0.1) is 0 Å². The van der Waals surface area contributed by atoms with E-state index < -0.39 is 0 Å². The van der Waals surface area contributed by atoms with Crippen LogP contribution in [0.1, 0.15) is 38.1 Å². The molecular weight excluding hydrogens is 150 g/mol. The standard InChI is InChI=1S/C9H15N3/c10-9-11-6-7-12(9)8-4-2-1-3-5-8/h6-8H,1-5H2,(H2,10,11). The summed E-state index contributed by atoms with van der Waals surface area (Å²) in [4.78, 5) is 4.03. The Morgan fingerprint density at radius 3 is 2.67 bits per heavy atom. The van der Waals surface area contributed by atoms with E-state index in [-0.39, 0.29) is 0 Å². The fourth-order valence-corrected chi connectivity index (χ4v) is 1.99. The third kappa shape index (κ3) is 1.31. The highest BCUT2D eigenvalue weighted by molar-refractivity contribution is 5.18. The Kier molecular flexibility index (Phi) is 2.02. The first-order valence-electron chi connectivity index (χ1n) is 4.66. The first-order chi connectivity index (χ1) is 5.88. The molecule has 0 aliphatic heterocycles. The van der Waals surface area contributed by atoms with E-state index in [4.69, 9.17) is 5.73 Å². The van der Waals surface area contributed by atoms with E-state index in [9.17, 15) is 0 Å². The van der Waals surface area contributed by atoms with Crippen molar-refractivity contribution in [3.05, 3.63) is 12.4 Å². The van der Waals surface area contributed by atoms with Crippen molar-refractivity contribution in [1.82, 2.24) is 9.55 Å². The van der Waals surface area contributed by atoms with Gasteiger partial charge < -0.3 is 10.3 Å². The number of hydrogen-bond acceptors (Lipinski definition) is 2. The van der Waals surface area contributed by atoms with Crippen LogP contribution >= 0.6 is 0 Å². The third-order valence-corrected chi connectivity index (χ3v) is 2.67. The average molecular weight is 165 g/mol. The van der Waals surface area contributed by atoms with E-state index in [0.717, 1.165) is 0 Å². The molecule has 0 bridgehead atoms. The van der Waals surface area contributed by atoms with Crippen molar-refractivity contribution in [2.45, 2.75) is 38.1 Å². The second-order valence-electron chi connectivity index (χ2n) is 3.48. The van der Waals surface area contributed by atoms with Crippen LogP contribution < -0.4 is 5.73 Å². The van der Waals surface area contributed by atoms with E-state index in [1.807, 2.05) is 6.20 Å². The van der Waals surface area contributed by atoms with E-state index >= 15 is 0 Å². The minimum atomic E-state index is 0.612. The van der Waals surface area contributed by atoms with Gasteiger partial charge >= 0.3 is 0 Å². The van der Waals surface area contributed by atoms with E-state index in [1.165, 1.54) is 32.1 Å². The average Bonchev–Trinajstić information content (AvgIpc) is 2.53. The number of nitrogens with zero attached hydrogens (tertiary/aromatic N) is 2. The molecule has 0 aromatic carbocycles. The predicted octanol–water partition coefficient (Wildman–Crippen LogP) is 1.97. The summed E-state index contributed by atoms with van der Waals surface area (Å²) in [5, 5.41) is 0. The van der Waals surface area contributed by atoms with E-state index in [2.05, 4.69) is 9.55 Å². The second kappa shape index (κ2) is 3.17. The van der Waals surface area contributed by atoms with Gasteiger partial charge in [-0.2, -0.15) is 0 Å². The number of hydrogen-bond donors (Lipinski definition) is 1. The molecule has 1 saturated carbocycles. The Labute approximate surface area is 72.6 Å². The normalized spacial score (nSPS) is 19.7. The molecule has 1 aromatic heterocycles. The van der Waals surface area contributed by atoms with Crippen molar-refractivity contribution in [2.24, 2.45) is 0 Å². The van der Waals surface area contributed by atoms with Gasteiger partial charge in [0.05, 0.1) is 0 Å². The van der Waals surface area contributed by atoms with Gasteiger partial charge in [0.1, 0.15) is 0 Å². The number of imidazole rings is 1. The molecule has 3 heteroatoms. The summed E-state index contributed by atoms with van der Waals surface area (Å²) in [5.41, 5.74) is 5.72. The number of aromatic nitrogens is 2. The molecule has 1 aromatic rings. The first kappa shape index (κ1) is 7.65. The van der Waals surface area contributed by atoms with Gasteiger partial charge in [0.2, 0.25) is 0 Å². The van der Waals surface area contributed by atoms with Gasteiger partial charge in [-0.05, 0) is 12.8 Å². The first-order valence-corrected chi connectivity index (χ1v) is 4.66. The predicted molar refractivity (Wildman–Crippen MR) is 48.8 cm³/mol. The lowest BCUT2D eigenvalue weighted by atomic mass is 9.95. The van der Waals surface area contributed by atoms with Crippen LogP contribution in [0.5, 0.6) is 0 Å². The smallest absolute Gasteiger partial charge is 0.200 e. The summed E-state index contributed by atoms with van der Waals surface area (Å²) in [5.74, 6) is 0.668. The van der Waals surface area contributed by atoms with Gasteiger partial charge in [0.15, 0.2) is 5.95 Å². The van der Waals surface area contributed by atoms with Crippen LogP contribution in [-0.4, -0.2) is 9.55 Å². The Morgan fingerprint density at radius 1 is 1.33 bits per heavy atom. The summed E-state index contributed by atoms with van der Waals surface area (Å²) < 4.78 is 2.11. The van der Waals surface area contributed by atoms with Crippen LogP contribution in [0.15, 0.2) is 12.4 Å². The highest BCUT2D eigenvalue weighted by Crippen LogP contribution is 2.29. The zero-order valence-corrected chi connectivity index (χ0v) is 7.24. The number of nitrogens with two attached hydrogens (primary N) is 1. The zero-order valence-electron chi connectivity index (χ0n) is 7.24. The zero-order chi connectivity index (χ0) is 8.39. The molecule has 0 spiro atoms. The van der Waals surface area contributed by atoms with Gasteiger partial charge in [0, 0.05) is 18.4 Å². The number of anilines is 1. The van der Waals surface area contributed by atoms with Crippen molar-refractivity contribution in [3.8, 4) is 0 Å². The maximum Gasteiger partial charge on any atom is 0.200 e. The summed E-state index contributed by atoms with van der Waals surface area (Å²) >= 11 is 0. The minimum Gasteiger partial charge on any atom is -0.369 e. The van der Waals surface area contributed by atoms with Crippen LogP contribution in [-0.2, 0) is 0 Å². The van der Waals surface area contributed by atoms with E-state index in [1.54, 1.807) is 6.20 Å². The van der Waals surface area contributed by atoms with Gasteiger partial charge in [-0.3, -0.25) is 0 Å². The Hall–Kier alpha value is -0.990. The largest absolute Gasteiger partial charge is 0.369 e. The molecule has 2 rings (SSSR count). The SMILES string of the molecule is Nc1nccn1C1CCCCC1. The molecule has 0 amide bonds. The van der Waals surface area contributed by atoms with Crippen molar-refractivity contribution in [2.75, 3.05) is 5.73 Å². The molecule has 3 nitrogen and oxygen atoms in total. The summed E-state index contributed by atoms with van der Waals surface area (Å²) in [6, 6.07) is 0.612. The minimum absolute atomic E-state index is 0.612. The molecule has 1 aliphatic carbocycles. The second-order valence-corrected chi connectivity index (χ2v) is 3.48. The van der Waals surface area contributed by atoms with Crippen LogP contribution in [0.2, 0.25) is 0 Å². The van der Waals surface area contributed by atoms with Gasteiger partial charge in [-0.25, -0.2) is 4.98 Å².